The normalized spacial score (nSPS) is 12.5. The van der Waals surface area contributed by atoms with Crippen molar-refractivity contribution < 1.29 is 21.6 Å². The van der Waals surface area contributed by atoms with Gasteiger partial charge in [-0.2, -0.15) is 13.2 Å². The van der Waals surface area contributed by atoms with E-state index in [1.54, 1.807) is 0 Å². The number of rotatable bonds is 4. The van der Waals surface area contributed by atoms with Crippen molar-refractivity contribution in [2.24, 2.45) is 0 Å². The van der Waals surface area contributed by atoms with Gasteiger partial charge in [0.05, 0.1) is 5.75 Å². The van der Waals surface area contributed by atoms with Gasteiger partial charge in [-0.15, -0.1) is 0 Å². The maximum absolute atomic E-state index is 12.4. The Bertz CT molecular complexity index is 533. The molecule has 1 heterocycles. The molecule has 0 aliphatic carbocycles. The van der Waals surface area contributed by atoms with E-state index < -0.39 is 21.8 Å². The van der Waals surface area contributed by atoms with Crippen LogP contribution >= 0.6 is 11.6 Å². The zero-order chi connectivity index (χ0) is 14.0. The highest BCUT2D eigenvalue weighted by atomic mass is 35.5. The number of nitrogens with zero attached hydrogens (tertiary/aromatic N) is 2. The molecule has 0 unspecified atom stereocenters. The van der Waals surface area contributed by atoms with E-state index in [0.717, 1.165) is 12.3 Å². The fourth-order valence-corrected chi connectivity index (χ4v) is 1.66. The van der Waals surface area contributed by atoms with E-state index in [-0.39, 0.29) is 23.3 Å². The van der Waals surface area contributed by atoms with Crippen LogP contribution in [0, 0.1) is 0 Å². The van der Waals surface area contributed by atoms with E-state index in [1.165, 1.54) is 0 Å². The minimum atomic E-state index is -4.71. The SMILES string of the molecule is CS(=O)(=O)CCNc1cc(Cl)nc(C(F)(F)F)n1. The van der Waals surface area contributed by atoms with Crippen LogP contribution in [-0.2, 0) is 16.0 Å². The molecule has 18 heavy (non-hydrogen) atoms. The van der Waals surface area contributed by atoms with Gasteiger partial charge >= 0.3 is 6.18 Å². The number of hydrogen-bond acceptors (Lipinski definition) is 5. The first kappa shape index (κ1) is 15.0. The van der Waals surface area contributed by atoms with Crippen molar-refractivity contribution in [2.45, 2.75) is 6.18 Å². The number of anilines is 1. The lowest BCUT2D eigenvalue weighted by molar-refractivity contribution is -0.144. The van der Waals surface area contributed by atoms with Crippen LogP contribution < -0.4 is 5.32 Å². The molecule has 0 aromatic carbocycles. The van der Waals surface area contributed by atoms with Crippen LogP contribution in [0.4, 0.5) is 19.0 Å². The Kier molecular flexibility index (Phi) is 4.38. The molecule has 102 valence electrons. The molecule has 0 saturated heterocycles. The van der Waals surface area contributed by atoms with Crippen molar-refractivity contribution in [2.75, 3.05) is 23.9 Å². The molecule has 5 nitrogen and oxygen atoms in total. The lowest BCUT2D eigenvalue weighted by Gasteiger charge is -2.09. The van der Waals surface area contributed by atoms with Gasteiger partial charge < -0.3 is 5.32 Å². The van der Waals surface area contributed by atoms with Crippen LogP contribution in [0.15, 0.2) is 6.07 Å². The molecule has 0 aliphatic rings. The van der Waals surface area contributed by atoms with Gasteiger partial charge in [-0.25, -0.2) is 18.4 Å². The monoisotopic (exact) mass is 303 g/mol. The van der Waals surface area contributed by atoms with Gasteiger partial charge in [0.25, 0.3) is 0 Å². The Morgan fingerprint density at radius 1 is 1.39 bits per heavy atom. The summed E-state index contributed by atoms with van der Waals surface area (Å²) in [5.41, 5.74) is 0. The Labute approximate surface area is 106 Å². The third-order valence-corrected chi connectivity index (χ3v) is 2.87. The van der Waals surface area contributed by atoms with Crippen LogP contribution in [0.2, 0.25) is 5.15 Å². The maximum atomic E-state index is 12.4. The number of alkyl halides is 3. The molecule has 1 aromatic heterocycles. The average Bonchev–Trinajstić information content (AvgIpc) is 2.13. The second-order valence-electron chi connectivity index (χ2n) is 3.45. The van der Waals surface area contributed by atoms with Gasteiger partial charge in [0.15, 0.2) is 0 Å². The van der Waals surface area contributed by atoms with Crippen molar-refractivity contribution in [1.82, 2.24) is 9.97 Å². The summed E-state index contributed by atoms with van der Waals surface area (Å²) in [6.07, 6.45) is -3.69. The van der Waals surface area contributed by atoms with Crippen LogP contribution in [0.25, 0.3) is 0 Å². The van der Waals surface area contributed by atoms with Crippen molar-refractivity contribution in [1.29, 1.82) is 0 Å². The number of sulfone groups is 1. The van der Waals surface area contributed by atoms with Crippen LogP contribution in [0.3, 0.4) is 0 Å². The highest BCUT2D eigenvalue weighted by Crippen LogP contribution is 2.28. The zero-order valence-corrected chi connectivity index (χ0v) is 10.7. The highest BCUT2D eigenvalue weighted by molar-refractivity contribution is 7.90. The summed E-state index contributed by atoms with van der Waals surface area (Å²) in [6.45, 7) is -0.0660. The maximum Gasteiger partial charge on any atom is 0.451 e. The Morgan fingerprint density at radius 3 is 2.50 bits per heavy atom. The molecule has 0 bridgehead atoms. The number of nitrogens with one attached hydrogen (secondary N) is 1. The van der Waals surface area contributed by atoms with Crippen LogP contribution in [0.1, 0.15) is 5.82 Å². The van der Waals surface area contributed by atoms with Crippen molar-refractivity contribution in [3.8, 4) is 0 Å². The van der Waals surface area contributed by atoms with E-state index in [4.69, 9.17) is 11.6 Å². The van der Waals surface area contributed by atoms with Crippen LogP contribution in [0.5, 0.6) is 0 Å². The number of halogens is 4. The lowest BCUT2D eigenvalue weighted by atomic mass is 10.5. The number of aromatic nitrogens is 2. The Balaban J connectivity index is 2.81. The molecule has 1 aromatic rings. The van der Waals surface area contributed by atoms with Crippen LogP contribution in [-0.4, -0.2) is 36.9 Å². The molecule has 0 fully saturated rings. The first-order valence-electron chi connectivity index (χ1n) is 4.61. The minimum Gasteiger partial charge on any atom is -0.369 e. The molecule has 1 rings (SSSR count). The summed E-state index contributed by atoms with van der Waals surface area (Å²) in [4.78, 5) is 6.23. The number of hydrogen-bond donors (Lipinski definition) is 1. The quantitative estimate of drug-likeness (QED) is 0.856. The van der Waals surface area contributed by atoms with Gasteiger partial charge in [0, 0.05) is 18.9 Å². The summed E-state index contributed by atoms with van der Waals surface area (Å²) >= 11 is 5.42. The smallest absolute Gasteiger partial charge is 0.369 e. The summed E-state index contributed by atoms with van der Waals surface area (Å²) in [6, 6.07) is 1.08. The second kappa shape index (κ2) is 5.27. The molecular formula is C8H9ClF3N3O2S. The first-order chi connectivity index (χ1) is 8.08. The standard InChI is InChI=1S/C8H9ClF3N3O2S/c1-18(16,17)3-2-13-6-4-5(9)14-7(15-6)8(10,11)12/h4H,2-3H2,1H3,(H,13,14,15). The molecule has 0 aliphatic heterocycles. The van der Waals surface area contributed by atoms with E-state index in [1.807, 2.05) is 0 Å². The molecule has 10 heteroatoms. The fraction of sp³-hybridized carbons (Fsp3) is 0.500. The van der Waals surface area contributed by atoms with Gasteiger partial charge in [0.1, 0.15) is 20.8 Å². The van der Waals surface area contributed by atoms with Crippen molar-refractivity contribution >= 4 is 27.3 Å². The molecule has 0 amide bonds. The van der Waals surface area contributed by atoms with Gasteiger partial charge in [0.2, 0.25) is 5.82 Å². The van der Waals surface area contributed by atoms with E-state index in [0.29, 0.717) is 0 Å². The third-order valence-electron chi connectivity index (χ3n) is 1.73. The lowest BCUT2D eigenvalue weighted by Crippen LogP contribution is -2.17. The predicted molar refractivity (Wildman–Crippen MR) is 60.2 cm³/mol. The van der Waals surface area contributed by atoms with Gasteiger partial charge in [-0.3, -0.25) is 0 Å². The largest absolute Gasteiger partial charge is 0.451 e. The highest BCUT2D eigenvalue weighted by Gasteiger charge is 2.35. The average molecular weight is 304 g/mol. The summed E-state index contributed by atoms with van der Waals surface area (Å²) in [5, 5.41) is 2.06. The topological polar surface area (TPSA) is 72.0 Å². The summed E-state index contributed by atoms with van der Waals surface area (Å²) in [7, 11) is -3.20. The van der Waals surface area contributed by atoms with Gasteiger partial charge in [-0.05, 0) is 0 Å². The second-order valence-corrected chi connectivity index (χ2v) is 6.10. The zero-order valence-electron chi connectivity index (χ0n) is 9.12. The molecule has 0 saturated carbocycles. The molecule has 0 spiro atoms. The third kappa shape index (κ3) is 5.05. The summed E-state index contributed by atoms with van der Waals surface area (Å²) < 4.78 is 58.7. The van der Waals surface area contributed by atoms with E-state index in [9.17, 15) is 21.6 Å². The Hall–Kier alpha value is -1.09. The van der Waals surface area contributed by atoms with E-state index >= 15 is 0 Å². The molecular weight excluding hydrogens is 295 g/mol. The molecule has 0 radical (unpaired) electrons. The van der Waals surface area contributed by atoms with Crippen molar-refractivity contribution in [3.05, 3.63) is 17.0 Å². The van der Waals surface area contributed by atoms with E-state index in [2.05, 4.69) is 15.3 Å². The molecule has 1 N–H and O–H groups in total. The predicted octanol–water partition coefficient (Wildman–Crippen LogP) is 1.61. The first-order valence-corrected chi connectivity index (χ1v) is 7.05. The van der Waals surface area contributed by atoms with Gasteiger partial charge in [-0.1, -0.05) is 11.6 Å². The van der Waals surface area contributed by atoms with Crippen molar-refractivity contribution in [3.63, 3.8) is 0 Å². The minimum absolute atomic E-state index is 0.0660. The molecule has 0 atom stereocenters. The Morgan fingerprint density at radius 2 is 2.00 bits per heavy atom. The summed E-state index contributed by atoms with van der Waals surface area (Å²) in [5.74, 6) is -1.78. The fourth-order valence-electron chi connectivity index (χ4n) is 0.999.